The van der Waals surface area contributed by atoms with Gasteiger partial charge >= 0.3 is 0 Å². The minimum absolute atomic E-state index is 0.214. The first-order valence-electron chi connectivity index (χ1n) is 6.40. The number of hydrogen-bond donors (Lipinski definition) is 1. The fourth-order valence-corrected chi connectivity index (χ4v) is 3.13. The average molecular weight is 369 g/mol. The summed E-state index contributed by atoms with van der Waals surface area (Å²) in [7, 11) is 0. The molecule has 0 atom stereocenters. The zero-order valence-electron chi connectivity index (χ0n) is 11.1. The second-order valence-electron chi connectivity index (χ2n) is 4.67. The molecule has 1 heterocycles. The van der Waals surface area contributed by atoms with Gasteiger partial charge in [0.1, 0.15) is 11.3 Å². The lowest BCUT2D eigenvalue weighted by molar-refractivity contribution is 0.590. The highest BCUT2D eigenvalue weighted by Gasteiger charge is 2.14. The van der Waals surface area contributed by atoms with Crippen LogP contribution in [0.2, 0.25) is 0 Å². The van der Waals surface area contributed by atoms with Crippen LogP contribution >= 0.6 is 28.1 Å². The van der Waals surface area contributed by atoms with E-state index in [4.69, 9.17) is 12.2 Å². The van der Waals surface area contributed by atoms with E-state index in [0.29, 0.717) is 10.3 Å². The molecule has 2 nitrogen and oxygen atoms in total. The molecule has 1 aromatic heterocycles. The number of aryl methyl sites for hydroxylation is 1. The van der Waals surface area contributed by atoms with Gasteiger partial charge in [-0.25, -0.2) is 8.78 Å². The molecule has 3 rings (SSSR count). The van der Waals surface area contributed by atoms with Gasteiger partial charge in [0.15, 0.2) is 10.6 Å². The van der Waals surface area contributed by atoms with E-state index >= 15 is 0 Å². The first kappa shape index (κ1) is 14.4. The number of aromatic nitrogens is 2. The molecule has 0 unspecified atom stereocenters. The number of halogens is 3. The van der Waals surface area contributed by atoms with Crippen molar-refractivity contribution in [3.05, 3.63) is 56.8 Å². The van der Waals surface area contributed by atoms with Crippen LogP contribution in [0, 0.1) is 16.4 Å². The minimum atomic E-state index is -0.648. The smallest absolute Gasteiger partial charge is 0.182 e. The number of imidazole rings is 1. The third-order valence-corrected chi connectivity index (χ3v) is 4.15. The number of hydrogen-bond acceptors (Lipinski definition) is 1. The van der Waals surface area contributed by atoms with E-state index in [9.17, 15) is 8.78 Å². The Labute approximate surface area is 133 Å². The lowest BCUT2D eigenvalue weighted by Gasteiger charge is -2.11. The zero-order chi connectivity index (χ0) is 15.1. The van der Waals surface area contributed by atoms with Crippen LogP contribution in [-0.4, -0.2) is 9.55 Å². The summed E-state index contributed by atoms with van der Waals surface area (Å²) >= 11 is 8.71. The molecule has 0 amide bonds. The van der Waals surface area contributed by atoms with Crippen molar-refractivity contribution in [1.82, 2.24) is 9.55 Å². The monoisotopic (exact) mass is 368 g/mol. The molecule has 0 saturated heterocycles. The summed E-state index contributed by atoms with van der Waals surface area (Å²) in [5.74, 6) is -1.28. The van der Waals surface area contributed by atoms with E-state index in [1.165, 1.54) is 6.07 Å². The summed E-state index contributed by atoms with van der Waals surface area (Å²) in [5.41, 5.74) is 2.47. The summed E-state index contributed by atoms with van der Waals surface area (Å²) in [6.45, 7) is 2.02. The lowest BCUT2D eigenvalue weighted by Crippen LogP contribution is -1.99. The van der Waals surface area contributed by atoms with Crippen molar-refractivity contribution >= 4 is 39.2 Å². The molecule has 0 fully saturated rings. The van der Waals surface area contributed by atoms with Gasteiger partial charge in [-0.2, -0.15) is 0 Å². The normalized spacial score (nSPS) is 11.2. The van der Waals surface area contributed by atoms with Gasteiger partial charge < -0.3 is 4.98 Å². The molecule has 0 aliphatic carbocycles. The van der Waals surface area contributed by atoms with Crippen LogP contribution in [0.15, 0.2) is 34.8 Å². The number of fused-ring (bicyclic) bond motifs is 1. The number of benzene rings is 2. The van der Waals surface area contributed by atoms with E-state index in [1.54, 1.807) is 4.57 Å². The van der Waals surface area contributed by atoms with E-state index in [-0.39, 0.29) is 5.52 Å². The first-order valence-corrected chi connectivity index (χ1v) is 7.60. The van der Waals surface area contributed by atoms with Crippen molar-refractivity contribution in [2.24, 2.45) is 0 Å². The molecular weight excluding hydrogens is 358 g/mol. The van der Waals surface area contributed by atoms with Crippen LogP contribution in [0.1, 0.15) is 12.5 Å². The molecule has 0 aliphatic rings. The van der Waals surface area contributed by atoms with E-state index in [1.807, 2.05) is 25.1 Å². The van der Waals surface area contributed by atoms with Gasteiger partial charge in [-0.1, -0.05) is 22.9 Å². The van der Waals surface area contributed by atoms with E-state index in [2.05, 4.69) is 20.9 Å². The molecule has 0 radical (unpaired) electrons. The van der Waals surface area contributed by atoms with Gasteiger partial charge in [0, 0.05) is 16.6 Å². The van der Waals surface area contributed by atoms with Crippen LogP contribution in [0.25, 0.3) is 16.7 Å². The maximum absolute atomic E-state index is 13.9. The van der Waals surface area contributed by atoms with E-state index in [0.717, 1.165) is 28.2 Å². The lowest BCUT2D eigenvalue weighted by atomic mass is 10.1. The topological polar surface area (TPSA) is 20.7 Å². The van der Waals surface area contributed by atoms with Crippen molar-refractivity contribution < 1.29 is 8.78 Å². The van der Waals surface area contributed by atoms with Gasteiger partial charge in [0.25, 0.3) is 0 Å². The highest BCUT2D eigenvalue weighted by atomic mass is 79.9. The first-order chi connectivity index (χ1) is 10.0. The largest absolute Gasteiger partial charge is 0.328 e. The standard InChI is InChI=1S/C15H11BrF2N2S/c1-2-8-5-9(16)3-4-12(8)20-13-7-10(17)6-11(18)14(13)19-15(20)21/h3-7H,2H2,1H3,(H,19,21). The van der Waals surface area contributed by atoms with Gasteiger partial charge in [0.05, 0.1) is 11.2 Å². The Morgan fingerprint density at radius 1 is 1.24 bits per heavy atom. The zero-order valence-corrected chi connectivity index (χ0v) is 13.5. The van der Waals surface area contributed by atoms with Crippen molar-refractivity contribution in [2.75, 3.05) is 0 Å². The Bertz CT molecular complexity index is 899. The molecule has 6 heteroatoms. The van der Waals surface area contributed by atoms with Gasteiger partial charge in [-0.05, 0) is 42.4 Å². The van der Waals surface area contributed by atoms with Crippen LogP contribution in [0.5, 0.6) is 0 Å². The molecule has 0 saturated carbocycles. The summed E-state index contributed by atoms with van der Waals surface area (Å²) < 4.78 is 30.4. The fourth-order valence-electron chi connectivity index (χ4n) is 2.43. The maximum atomic E-state index is 13.9. The highest BCUT2D eigenvalue weighted by molar-refractivity contribution is 9.10. The number of aromatic amines is 1. The number of nitrogens with one attached hydrogen (secondary N) is 1. The third-order valence-electron chi connectivity index (χ3n) is 3.37. The second-order valence-corrected chi connectivity index (χ2v) is 5.98. The molecular formula is C15H11BrF2N2S. The van der Waals surface area contributed by atoms with Crippen LogP contribution in [0.3, 0.4) is 0 Å². The van der Waals surface area contributed by atoms with E-state index < -0.39 is 11.6 Å². The van der Waals surface area contributed by atoms with Gasteiger partial charge in [-0.15, -0.1) is 0 Å². The van der Waals surface area contributed by atoms with Crippen LogP contribution < -0.4 is 0 Å². The molecule has 21 heavy (non-hydrogen) atoms. The maximum Gasteiger partial charge on any atom is 0.182 e. The second kappa shape index (κ2) is 5.35. The molecule has 108 valence electrons. The van der Waals surface area contributed by atoms with Crippen molar-refractivity contribution in [1.29, 1.82) is 0 Å². The predicted octanol–water partition coefficient (Wildman–Crippen LogP) is 5.29. The Balaban J connectivity index is 2.40. The number of H-pyrrole nitrogens is 1. The molecule has 2 aromatic carbocycles. The van der Waals surface area contributed by atoms with Crippen molar-refractivity contribution in [2.45, 2.75) is 13.3 Å². The third kappa shape index (κ3) is 2.42. The molecule has 3 aromatic rings. The molecule has 0 aliphatic heterocycles. The Morgan fingerprint density at radius 2 is 2.00 bits per heavy atom. The van der Waals surface area contributed by atoms with Gasteiger partial charge in [0.2, 0.25) is 0 Å². The van der Waals surface area contributed by atoms with Crippen LogP contribution in [-0.2, 0) is 6.42 Å². The Morgan fingerprint density at radius 3 is 2.71 bits per heavy atom. The minimum Gasteiger partial charge on any atom is -0.328 e. The number of rotatable bonds is 2. The SMILES string of the molecule is CCc1cc(Br)ccc1-n1c(=S)[nH]c2c(F)cc(F)cc21. The fraction of sp³-hybridized carbons (Fsp3) is 0.133. The Kier molecular flexibility index (Phi) is 3.67. The van der Waals surface area contributed by atoms with Crippen molar-refractivity contribution in [3.8, 4) is 5.69 Å². The van der Waals surface area contributed by atoms with Crippen LogP contribution in [0.4, 0.5) is 8.78 Å². The summed E-state index contributed by atoms with van der Waals surface area (Å²) in [5, 5.41) is 0. The summed E-state index contributed by atoms with van der Waals surface area (Å²) in [6.07, 6.45) is 0.779. The molecule has 1 N–H and O–H groups in total. The molecule has 0 spiro atoms. The summed E-state index contributed by atoms with van der Waals surface area (Å²) in [4.78, 5) is 2.81. The quantitative estimate of drug-likeness (QED) is 0.609. The average Bonchev–Trinajstić information content (AvgIpc) is 2.75. The highest BCUT2D eigenvalue weighted by Crippen LogP contribution is 2.27. The number of nitrogens with zero attached hydrogens (tertiary/aromatic N) is 1. The molecule has 0 bridgehead atoms. The Hall–Kier alpha value is -1.53. The van der Waals surface area contributed by atoms with Gasteiger partial charge in [-0.3, -0.25) is 4.57 Å². The predicted molar refractivity (Wildman–Crippen MR) is 85.5 cm³/mol. The van der Waals surface area contributed by atoms with Crippen molar-refractivity contribution in [3.63, 3.8) is 0 Å². The summed E-state index contributed by atoms with van der Waals surface area (Å²) in [6, 6.07) is 7.87.